The number of aliphatic hydroxyl groups is 1. The maximum Gasteiger partial charge on any atom is 0.354 e. The Morgan fingerprint density at radius 2 is 1.97 bits per heavy atom. The first-order valence-electron chi connectivity index (χ1n) is 9.62. The zero-order valence-electron chi connectivity index (χ0n) is 17.0. The molecule has 1 amide bonds. The number of carboxylic acid groups (broad SMARTS) is 1. The van der Waals surface area contributed by atoms with Gasteiger partial charge in [0.15, 0.2) is 0 Å². The number of likely N-dealkylation sites (N-methyl/N-ethyl adjacent to an activating group) is 1. The molecule has 3 aromatic rings. The van der Waals surface area contributed by atoms with E-state index < -0.39 is 17.5 Å². The van der Waals surface area contributed by atoms with Crippen molar-refractivity contribution < 1.29 is 19.8 Å². The molecule has 0 saturated carbocycles. The molecule has 8 nitrogen and oxygen atoms in total. The van der Waals surface area contributed by atoms with Crippen LogP contribution in [0.1, 0.15) is 22.5 Å². The van der Waals surface area contributed by atoms with Crippen molar-refractivity contribution in [2.45, 2.75) is 12.0 Å². The van der Waals surface area contributed by atoms with E-state index in [0.29, 0.717) is 28.9 Å². The Bertz CT molecular complexity index is 1250. The third-order valence-corrected chi connectivity index (χ3v) is 5.24. The molecule has 1 unspecified atom stereocenters. The quantitative estimate of drug-likeness (QED) is 0.630. The van der Waals surface area contributed by atoms with Crippen LogP contribution in [0.4, 0.5) is 0 Å². The molecule has 3 heterocycles. The van der Waals surface area contributed by atoms with Crippen LogP contribution in [-0.4, -0.2) is 60.9 Å². The van der Waals surface area contributed by atoms with Gasteiger partial charge in [-0.25, -0.2) is 9.78 Å². The zero-order valence-corrected chi connectivity index (χ0v) is 17.0. The maximum atomic E-state index is 12.1. The van der Waals surface area contributed by atoms with E-state index in [-0.39, 0.29) is 12.1 Å². The number of carbonyl (C=O) groups excluding carboxylic acids is 1. The second-order valence-corrected chi connectivity index (χ2v) is 7.44. The number of hydrogen-bond acceptors (Lipinski definition) is 5. The van der Waals surface area contributed by atoms with Gasteiger partial charge in [-0.1, -0.05) is 24.0 Å². The highest BCUT2D eigenvalue weighted by Gasteiger charge is 2.42. The first-order valence-corrected chi connectivity index (χ1v) is 9.62. The van der Waals surface area contributed by atoms with Crippen molar-refractivity contribution in [2.75, 3.05) is 13.6 Å². The SMILES string of the molecule is CN1CCC(O)(C#Cc2cccc(-c3cc(-c4ccnn4C)cc(C(=O)O)n3)c2)C1=O. The minimum atomic E-state index is -1.68. The summed E-state index contributed by atoms with van der Waals surface area (Å²) in [4.78, 5) is 29.5. The summed E-state index contributed by atoms with van der Waals surface area (Å²) in [7, 11) is 3.40. The fourth-order valence-corrected chi connectivity index (χ4v) is 3.49. The van der Waals surface area contributed by atoms with Gasteiger partial charge in [0.05, 0.1) is 11.4 Å². The molecule has 0 bridgehead atoms. The van der Waals surface area contributed by atoms with Crippen LogP contribution in [0.3, 0.4) is 0 Å². The van der Waals surface area contributed by atoms with Gasteiger partial charge in [-0.2, -0.15) is 5.10 Å². The topological polar surface area (TPSA) is 109 Å². The fourth-order valence-electron chi connectivity index (χ4n) is 3.49. The molecule has 0 spiro atoms. The van der Waals surface area contributed by atoms with Crippen LogP contribution in [0, 0.1) is 11.8 Å². The Morgan fingerprint density at radius 1 is 1.16 bits per heavy atom. The van der Waals surface area contributed by atoms with Gasteiger partial charge < -0.3 is 15.1 Å². The monoisotopic (exact) mass is 416 g/mol. The van der Waals surface area contributed by atoms with E-state index in [1.165, 1.54) is 11.0 Å². The van der Waals surface area contributed by atoms with Gasteiger partial charge in [0.25, 0.3) is 5.91 Å². The predicted octanol–water partition coefficient (Wildman–Crippen LogP) is 1.79. The Labute approximate surface area is 178 Å². The van der Waals surface area contributed by atoms with Gasteiger partial charge in [0.2, 0.25) is 5.60 Å². The fraction of sp³-hybridized carbons (Fsp3) is 0.217. The lowest BCUT2D eigenvalue weighted by Crippen LogP contribution is -2.37. The van der Waals surface area contributed by atoms with Gasteiger partial charge in [0, 0.05) is 49.9 Å². The molecule has 1 aliphatic rings. The first-order chi connectivity index (χ1) is 14.8. The number of nitrogens with zero attached hydrogens (tertiary/aromatic N) is 4. The molecular formula is C23H20N4O4. The maximum absolute atomic E-state index is 12.1. The highest BCUT2D eigenvalue weighted by molar-refractivity contribution is 5.90. The summed E-state index contributed by atoms with van der Waals surface area (Å²) < 4.78 is 1.66. The summed E-state index contributed by atoms with van der Waals surface area (Å²) in [6.45, 7) is 0.451. The van der Waals surface area contributed by atoms with E-state index in [1.54, 1.807) is 61.4 Å². The smallest absolute Gasteiger partial charge is 0.354 e. The lowest BCUT2D eigenvalue weighted by Gasteiger charge is -2.13. The van der Waals surface area contributed by atoms with E-state index in [9.17, 15) is 19.8 Å². The Hall–Kier alpha value is -3.96. The number of benzene rings is 1. The molecule has 1 aromatic carbocycles. The number of carbonyl (C=O) groups is 2. The van der Waals surface area contributed by atoms with Crippen molar-refractivity contribution in [1.82, 2.24) is 19.7 Å². The minimum absolute atomic E-state index is 0.0842. The van der Waals surface area contributed by atoms with Crippen LogP contribution in [0.5, 0.6) is 0 Å². The molecule has 1 aliphatic heterocycles. The summed E-state index contributed by atoms with van der Waals surface area (Å²) in [5, 5.41) is 24.1. The van der Waals surface area contributed by atoms with Crippen LogP contribution in [0.2, 0.25) is 0 Å². The minimum Gasteiger partial charge on any atom is -0.477 e. The van der Waals surface area contributed by atoms with Crippen LogP contribution < -0.4 is 0 Å². The average Bonchev–Trinajstić information content (AvgIpc) is 3.31. The van der Waals surface area contributed by atoms with Crippen molar-refractivity contribution in [3.05, 3.63) is 59.9 Å². The molecule has 1 fully saturated rings. The van der Waals surface area contributed by atoms with Crippen molar-refractivity contribution in [1.29, 1.82) is 0 Å². The number of amides is 1. The molecule has 156 valence electrons. The number of rotatable bonds is 3. The number of likely N-dealkylation sites (tertiary alicyclic amines) is 1. The van der Waals surface area contributed by atoms with Gasteiger partial charge in [-0.05, 0) is 30.3 Å². The molecule has 0 radical (unpaired) electrons. The van der Waals surface area contributed by atoms with Crippen molar-refractivity contribution in [3.63, 3.8) is 0 Å². The number of aromatic carboxylic acids is 1. The number of aromatic nitrogens is 3. The number of aryl methyl sites for hydroxylation is 1. The summed E-state index contributed by atoms with van der Waals surface area (Å²) in [5.74, 6) is 4.02. The van der Waals surface area contributed by atoms with E-state index in [4.69, 9.17) is 0 Å². The molecular weight excluding hydrogens is 396 g/mol. The third kappa shape index (κ3) is 3.91. The Balaban J connectivity index is 1.74. The second-order valence-electron chi connectivity index (χ2n) is 7.44. The molecule has 1 saturated heterocycles. The Morgan fingerprint density at radius 3 is 2.61 bits per heavy atom. The van der Waals surface area contributed by atoms with E-state index >= 15 is 0 Å². The molecule has 2 aromatic heterocycles. The van der Waals surface area contributed by atoms with E-state index in [2.05, 4.69) is 21.9 Å². The predicted molar refractivity (Wildman–Crippen MR) is 113 cm³/mol. The molecule has 0 aliphatic carbocycles. The standard InChI is InChI=1S/C23H20N4O4/c1-26-11-9-23(31,22(26)30)8-6-15-4-3-5-16(12-15)18-13-17(14-19(25-18)21(28)29)20-7-10-24-27(20)2/h3-5,7,10,12-14,31H,9,11H2,1-2H3,(H,28,29). The lowest BCUT2D eigenvalue weighted by molar-refractivity contribution is -0.137. The second kappa shape index (κ2) is 7.70. The van der Waals surface area contributed by atoms with Crippen LogP contribution >= 0.6 is 0 Å². The van der Waals surface area contributed by atoms with Crippen LogP contribution in [0.25, 0.3) is 22.5 Å². The summed E-state index contributed by atoms with van der Waals surface area (Å²) in [6, 6.07) is 12.2. The van der Waals surface area contributed by atoms with E-state index in [1.807, 2.05) is 0 Å². The van der Waals surface area contributed by atoms with Crippen molar-refractivity contribution in [3.8, 4) is 34.4 Å². The van der Waals surface area contributed by atoms with E-state index in [0.717, 1.165) is 5.69 Å². The number of carboxylic acids is 1. The summed E-state index contributed by atoms with van der Waals surface area (Å²) in [6.07, 6.45) is 1.89. The number of pyridine rings is 1. The van der Waals surface area contributed by atoms with Gasteiger partial charge in [-0.3, -0.25) is 9.48 Å². The highest BCUT2D eigenvalue weighted by atomic mass is 16.4. The van der Waals surface area contributed by atoms with Crippen LogP contribution in [-0.2, 0) is 11.8 Å². The largest absolute Gasteiger partial charge is 0.477 e. The molecule has 2 N–H and O–H groups in total. The first kappa shape index (κ1) is 20.3. The van der Waals surface area contributed by atoms with Crippen molar-refractivity contribution >= 4 is 11.9 Å². The highest BCUT2D eigenvalue weighted by Crippen LogP contribution is 2.27. The normalized spacial score (nSPS) is 18.0. The average molecular weight is 416 g/mol. The Kier molecular flexibility index (Phi) is 5.05. The lowest BCUT2D eigenvalue weighted by atomic mass is 10.0. The van der Waals surface area contributed by atoms with Crippen molar-refractivity contribution in [2.24, 2.45) is 7.05 Å². The molecule has 1 atom stereocenters. The zero-order chi connectivity index (χ0) is 22.2. The van der Waals surface area contributed by atoms with Gasteiger partial charge in [0.1, 0.15) is 5.69 Å². The third-order valence-electron chi connectivity index (χ3n) is 5.24. The molecule has 8 heteroatoms. The van der Waals surface area contributed by atoms with Crippen LogP contribution in [0.15, 0.2) is 48.7 Å². The van der Waals surface area contributed by atoms with Gasteiger partial charge >= 0.3 is 5.97 Å². The summed E-state index contributed by atoms with van der Waals surface area (Å²) >= 11 is 0. The van der Waals surface area contributed by atoms with Gasteiger partial charge in [-0.15, -0.1) is 0 Å². The summed E-state index contributed by atoms with van der Waals surface area (Å²) in [5.41, 5.74) is 1.38. The molecule has 4 rings (SSSR count). The number of hydrogen-bond donors (Lipinski definition) is 2. The molecule has 31 heavy (non-hydrogen) atoms.